The Bertz CT molecular complexity index is 765. The molecule has 0 saturated carbocycles. The molecular formula is C18H20BrN2O3+. The van der Waals surface area contributed by atoms with E-state index in [0.717, 1.165) is 26.7 Å². The fourth-order valence-corrected chi connectivity index (χ4v) is 2.37. The van der Waals surface area contributed by atoms with Gasteiger partial charge in [-0.2, -0.15) is 0 Å². The highest BCUT2D eigenvalue weighted by Crippen LogP contribution is 2.26. The van der Waals surface area contributed by atoms with Crippen molar-refractivity contribution in [2.24, 2.45) is 5.73 Å². The Kier molecular flexibility index (Phi) is 5.98. The van der Waals surface area contributed by atoms with Crippen LogP contribution in [0, 0.1) is 20.8 Å². The lowest BCUT2D eigenvalue weighted by atomic mass is 10.1. The van der Waals surface area contributed by atoms with E-state index < -0.39 is 5.97 Å². The maximum absolute atomic E-state index is 11.8. The molecule has 0 unspecified atom stereocenters. The summed E-state index contributed by atoms with van der Waals surface area (Å²) in [5, 5.41) is 2.45. The summed E-state index contributed by atoms with van der Waals surface area (Å²) in [6.45, 7) is 5.66. The summed E-state index contributed by atoms with van der Waals surface area (Å²) in [6, 6.07) is 11.3. The van der Waals surface area contributed by atoms with E-state index in [1.54, 1.807) is 0 Å². The minimum atomic E-state index is -0.566. The van der Waals surface area contributed by atoms with Gasteiger partial charge in [-0.1, -0.05) is 38.8 Å². The van der Waals surface area contributed by atoms with Crippen LogP contribution >= 0.6 is 15.9 Å². The molecule has 126 valence electrons. The van der Waals surface area contributed by atoms with Crippen molar-refractivity contribution in [3.05, 3.63) is 63.1 Å². The van der Waals surface area contributed by atoms with Gasteiger partial charge in [0, 0.05) is 4.47 Å². The van der Waals surface area contributed by atoms with Gasteiger partial charge in [0.25, 0.3) is 0 Å². The molecule has 5 nitrogen and oxygen atoms in total. The molecule has 0 bridgehead atoms. The molecule has 0 aromatic heterocycles. The molecule has 2 rings (SSSR count). The first-order valence-electron chi connectivity index (χ1n) is 7.41. The number of carbonyl (C=O) groups excluding carboxylic acids is 1. The fourth-order valence-electron chi connectivity index (χ4n) is 2.14. The third-order valence-electron chi connectivity index (χ3n) is 3.37. The van der Waals surface area contributed by atoms with E-state index in [9.17, 15) is 4.79 Å². The quantitative estimate of drug-likeness (QED) is 0.352. The second-order valence-electron chi connectivity index (χ2n) is 5.52. The van der Waals surface area contributed by atoms with Gasteiger partial charge in [-0.15, -0.1) is 0 Å². The predicted octanol–water partition coefficient (Wildman–Crippen LogP) is 1.70. The number of hydrogen-bond donors (Lipinski definition) is 2. The summed E-state index contributed by atoms with van der Waals surface area (Å²) >= 11 is 3.49. The summed E-state index contributed by atoms with van der Waals surface area (Å²) in [5.74, 6) is 0.312. The molecule has 2 aromatic carbocycles. The Labute approximate surface area is 149 Å². The number of amidine groups is 1. The van der Waals surface area contributed by atoms with Gasteiger partial charge in [0.1, 0.15) is 5.75 Å². The Morgan fingerprint density at radius 1 is 1.17 bits per heavy atom. The third-order valence-corrected chi connectivity index (χ3v) is 4.62. The van der Waals surface area contributed by atoms with Gasteiger partial charge in [0.15, 0.2) is 6.61 Å². The second-order valence-corrected chi connectivity index (χ2v) is 6.31. The highest BCUT2D eigenvalue weighted by Gasteiger charge is 2.10. The van der Waals surface area contributed by atoms with Gasteiger partial charge in [0.05, 0.1) is 5.56 Å². The molecule has 0 heterocycles. The van der Waals surface area contributed by atoms with Crippen molar-refractivity contribution >= 4 is 27.7 Å². The topological polar surface area (TPSA) is 75.5 Å². The smallest absolute Gasteiger partial charge is 0.394 e. The predicted molar refractivity (Wildman–Crippen MR) is 95.6 cm³/mol. The van der Waals surface area contributed by atoms with Gasteiger partial charge in [-0.25, -0.2) is 4.79 Å². The van der Waals surface area contributed by atoms with Crippen LogP contribution < -0.4 is 15.6 Å². The minimum absolute atomic E-state index is 0.214. The molecule has 0 spiro atoms. The molecule has 0 atom stereocenters. The highest BCUT2D eigenvalue weighted by molar-refractivity contribution is 9.10. The van der Waals surface area contributed by atoms with E-state index in [4.69, 9.17) is 15.3 Å². The Balaban J connectivity index is 1.93. The van der Waals surface area contributed by atoms with Crippen molar-refractivity contribution in [1.82, 2.24) is 0 Å². The molecule has 24 heavy (non-hydrogen) atoms. The number of aryl methyl sites for hydroxylation is 3. The lowest BCUT2D eigenvalue weighted by Gasteiger charge is -2.08. The normalized spacial score (nSPS) is 11.2. The van der Waals surface area contributed by atoms with Crippen LogP contribution in [0.1, 0.15) is 22.3 Å². The Hall–Kier alpha value is -2.34. The van der Waals surface area contributed by atoms with Crippen molar-refractivity contribution in [3.63, 3.8) is 0 Å². The molecule has 0 fully saturated rings. The summed E-state index contributed by atoms with van der Waals surface area (Å²) in [7, 11) is 0. The number of carbonyl (C=O) groups is 1. The van der Waals surface area contributed by atoms with E-state index in [1.165, 1.54) is 0 Å². The number of benzene rings is 2. The number of nitrogens with two attached hydrogens (primary N) is 1. The first kappa shape index (κ1) is 18.0. The number of rotatable bonds is 5. The number of halogens is 1. The van der Waals surface area contributed by atoms with E-state index >= 15 is 0 Å². The number of nitrogens with one attached hydrogen (secondary N) is 1. The van der Waals surface area contributed by atoms with Crippen molar-refractivity contribution in [2.75, 3.05) is 6.61 Å². The molecule has 2 aromatic rings. The standard InChI is InChI=1S/C18H19BrN2O3/c1-11-5-4-6-14(7-11)18(20)21-24-16(22)10-23-15-8-12(2)17(19)13(3)9-15/h4-9H,10H2,1-3H3,(H2,20,21)/p+1. The van der Waals surface area contributed by atoms with Crippen molar-refractivity contribution in [1.29, 1.82) is 0 Å². The average Bonchev–Trinajstić information content (AvgIpc) is 2.55. The number of hydrogen-bond acceptors (Lipinski definition) is 3. The molecule has 0 aliphatic rings. The first-order valence-corrected chi connectivity index (χ1v) is 8.21. The Morgan fingerprint density at radius 2 is 1.83 bits per heavy atom. The molecule has 0 amide bonds. The van der Waals surface area contributed by atoms with E-state index in [2.05, 4.69) is 21.1 Å². The molecule has 0 radical (unpaired) electrons. The lowest BCUT2D eigenvalue weighted by Crippen LogP contribution is -2.76. The number of ether oxygens (including phenoxy) is 1. The summed E-state index contributed by atoms with van der Waals surface area (Å²) in [6.07, 6.45) is 0. The molecule has 3 N–H and O–H groups in total. The van der Waals surface area contributed by atoms with Crippen LogP contribution in [0.2, 0.25) is 0 Å². The maximum atomic E-state index is 11.8. The van der Waals surface area contributed by atoms with Crippen LogP contribution in [0.3, 0.4) is 0 Å². The van der Waals surface area contributed by atoms with Crippen LogP contribution in [0.4, 0.5) is 0 Å². The first-order chi connectivity index (χ1) is 11.4. The Morgan fingerprint density at radius 3 is 2.46 bits per heavy atom. The molecule has 6 heteroatoms. The average molecular weight is 392 g/mol. The number of nitrogen functional groups attached to an aromatic ring is 1. The van der Waals surface area contributed by atoms with E-state index in [0.29, 0.717) is 5.75 Å². The summed E-state index contributed by atoms with van der Waals surface area (Å²) in [5.41, 5.74) is 9.74. The summed E-state index contributed by atoms with van der Waals surface area (Å²) in [4.78, 5) is 16.7. The summed E-state index contributed by atoms with van der Waals surface area (Å²) < 4.78 is 6.48. The van der Waals surface area contributed by atoms with E-state index in [-0.39, 0.29) is 12.4 Å². The van der Waals surface area contributed by atoms with Gasteiger partial charge in [-0.05, 0) is 56.2 Å². The molecule has 0 aliphatic carbocycles. The van der Waals surface area contributed by atoms with Crippen LogP contribution in [-0.2, 0) is 9.63 Å². The van der Waals surface area contributed by atoms with Crippen LogP contribution in [0.25, 0.3) is 0 Å². The zero-order chi connectivity index (χ0) is 17.7. The molecule has 0 aliphatic heterocycles. The van der Waals surface area contributed by atoms with Crippen LogP contribution in [0.15, 0.2) is 40.9 Å². The monoisotopic (exact) mass is 391 g/mol. The zero-order valence-electron chi connectivity index (χ0n) is 13.9. The SMILES string of the molecule is Cc1cccc(C(N)=[NH+]OC(=O)COc2cc(C)c(Br)c(C)c2)c1. The van der Waals surface area contributed by atoms with Gasteiger partial charge >= 0.3 is 11.8 Å². The van der Waals surface area contributed by atoms with Crippen molar-refractivity contribution in [2.45, 2.75) is 20.8 Å². The lowest BCUT2D eigenvalue weighted by molar-refractivity contribution is -0.724. The van der Waals surface area contributed by atoms with E-state index in [1.807, 2.05) is 57.2 Å². The van der Waals surface area contributed by atoms with Gasteiger partial charge in [0.2, 0.25) is 0 Å². The van der Waals surface area contributed by atoms with Gasteiger partial charge < -0.3 is 4.74 Å². The second kappa shape index (κ2) is 7.97. The molecule has 0 saturated heterocycles. The zero-order valence-corrected chi connectivity index (χ0v) is 15.4. The van der Waals surface area contributed by atoms with Crippen molar-refractivity contribution in [3.8, 4) is 5.75 Å². The highest BCUT2D eigenvalue weighted by atomic mass is 79.9. The van der Waals surface area contributed by atoms with Crippen LogP contribution in [-0.4, -0.2) is 18.4 Å². The van der Waals surface area contributed by atoms with Crippen molar-refractivity contribution < 1.29 is 19.5 Å². The molecular weight excluding hydrogens is 372 g/mol. The van der Waals surface area contributed by atoms with Crippen LogP contribution in [0.5, 0.6) is 5.75 Å². The fraction of sp³-hybridized carbons (Fsp3) is 0.222. The largest absolute Gasteiger partial charge is 0.482 e. The third kappa shape index (κ3) is 4.83. The van der Waals surface area contributed by atoms with Gasteiger partial charge in [-0.3, -0.25) is 10.6 Å². The maximum Gasteiger partial charge on any atom is 0.394 e. The minimum Gasteiger partial charge on any atom is -0.482 e.